The van der Waals surface area contributed by atoms with Crippen molar-refractivity contribution in [3.05, 3.63) is 327 Å². The van der Waals surface area contributed by atoms with Crippen molar-refractivity contribution < 1.29 is 84.7 Å². The third kappa shape index (κ3) is 10.7. The number of benzene rings is 8. The molecule has 3 atom stereocenters. The van der Waals surface area contributed by atoms with Crippen LogP contribution < -0.4 is 0 Å². The van der Waals surface area contributed by atoms with Crippen LogP contribution in [-0.2, 0) is 85.2 Å². The summed E-state index contributed by atoms with van der Waals surface area (Å²) >= 11 is 2.02. The number of carbonyl (C=O) groups excluding carboxylic acids is 7. The monoisotopic (exact) mass is 1370 g/mol. The Bertz CT molecular complexity index is 5260. The lowest BCUT2D eigenvalue weighted by Gasteiger charge is -2.41. The van der Waals surface area contributed by atoms with E-state index >= 15 is 19.2 Å². The summed E-state index contributed by atoms with van der Waals surface area (Å²) in [6.07, 6.45) is 8.05. The van der Waals surface area contributed by atoms with Gasteiger partial charge in [0.2, 0.25) is 0 Å². The Morgan fingerprint density at radius 1 is 0.430 bits per heavy atom. The fraction of sp³-hybridized carbons (Fsp3) is 0.113. The molecule has 2 aromatic heterocycles. The lowest BCUT2D eigenvalue weighted by molar-refractivity contribution is -0.191. The topological polar surface area (TPSA) is 195 Å². The second-order valence-electron chi connectivity index (χ2n) is 24.6. The normalized spacial score (nSPS) is 18.3. The summed E-state index contributed by atoms with van der Waals surface area (Å²) in [6.45, 7) is -1.30. The van der Waals surface area contributed by atoms with Gasteiger partial charge in [0.1, 0.15) is 44.0 Å². The zero-order valence-corrected chi connectivity index (χ0v) is 53.6. The average Bonchev–Trinajstić information content (AvgIpc) is 1.33. The molecule has 100 heavy (non-hydrogen) atoms. The molecular formula is C80H48F4O14S2. The Morgan fingerprint density at radius 3 is 1.14 bits per heavy atom. The number of fused-ring (bicyclic) bond motifs is 11. The number of ether oxygens (including phenoxy) is 6. The Morgan fingerprint density at radius 2 is 0.770 bits per heavy atom. The summed E-state index contributed by atoms with van der Waals surface area (Å²) in [5.74, 6) is -12.9. The number of allylic oxidation sites excluding steroid dienone is 7. The highest BCUT2D eigenvalue weighted by Crippen LogP contribution is 2.57. The quantitative estimate of drug-likeness (QED) is 0.0270. The number of ketones is 3. The summed E-state index contributed by atoms with van der Waals surface area (Å²) < 4.78 is 96.3. The first kappa shape index (κ1) is 63.1. The van der Waals surface area contributed by atoms with Gasteiger partial charge in [-0.1, -0.05) is 133 Å². The van der Waals surface area contributed by atoms with Crippen molar-refractivity contribution in [1.29, 1.82) is 0 Å². The van der Waals surface area contributed by atoms with E-state index in [4.69, 9.17) is 28.4 Å². The van der Waals surface area contributed by atoms with E-state index < -0.39 is 93.6 Å². The first-order valence-electron chi connectivity index (χ1n) is 31.4. The van der Waals surface area contributed by atoms with Crippen LogP contribution in [0.25, 0.3) is 44.8 Å². The number of Topliss-reactive ketones (excluding diaryl/α,β-unsaturated/α-hetero) is 3. The van der Waals surface area contributed by atoms with Gasteiger partial charge in [0.05, 0.1) is 5.57 Å². The van der Waals surface area contributed by atoms with E-state index in [0.717, 1.165) is 46.9 Å². The molecule has 3 unspecified atom stereocenters. The SMILES string of the molecule is O=C1C(=Cc2cc3c(s2)C2=CC4C=C5OC(C(=O)OCc6ccccc6)(C(=O)OCc6ccccc6)c6cc(/C=C7/C(=O)c8cc9cc(F)c(F)cc9cc8C7O)sc6C5=CC4C=C2OC3(C(=O)OCc2ccccc2)C(=O)OCc2ccccc2)C(=O)c2cc3cc(F)c(F)cc3cc21. The van der Waals surface area contributed by atoms with Gasteiger partial charge in [-0.15, -0.1) is 22.7 Å². The molecule has 4 aliphatic carbocycles. The molecule has 492 valence electrons. The smallest absolute Gasteiger partial charge is 0.367 e. The van der Waals surface area contributed by atoms with Crippen LogP contribution in [0.2, 0.25) is 0 Å². The lowest BCUT2D eigenvalue weighted by Crippen LogP contribution is -2.51. The molecule has 14 nitrogen and oxygen atoms in total. The highest BCUT2D eigenvalue weighted by molar-refractivity contribution is 7.14. The number of thiophene rings is 2. The standard InChI is InChI=1S/C80H48F4O14S2/c81-63-27-45-21-53-54(22-46(45)28-64(63)82)70(86)59(69(53)85)33-51-35-61-73(99-51)57-25-50-32-68-58(26-49(50)31-67(57)97-79(61,75(89)93-37-41-13-5-1-6-14-41)76(90)94-38-42-15-7-2-8-16-42)74-62(36-52(100-74)34-60-71(87)55-23-47-29-65(83)66(84)30-48(47)24-56(55)72(60)88)80(98-68,77(91)95-39-43-17-9-3-10-18-43)78(92)96-40-44-19-11-4-12-20-44/h1-36,49-50,69,85H,37-40H2/b59-33+. The van der Waals surface area contributed by atoms with Gasteiger partial charge < -0.3 is 33.5 Å². The van der Waals surface area contributed by atoms with Crippen LogP contribution in [0.5, 0.6) is 0 Å². The van der Waals surface area contributed by atoms with E-state index in [2.05, 4.69) is 0 Å². The number of aliphatic hydroxyl groups is 1. The van der Waals surface area contributed by atoms with Crippen LogP contribution in [0.15, 0.2) is 229 Å². The second kappa shape index (κ2) is 24.7. The predicted octanol–water partition coefficient (Wildman–Crippen LogP) is 15.4. The van der Waals surface area contributed by atoms with E-state index in [-0.39, 0.29) is 124 Å². The summed E-state index contributed by atoms with van der Waals surface area (Å²) in [5, 5.41) is 12.7. The Kier molecular flexibility index (Phi) is 15.6. The molecule has 0 fully saturated rings. The first-order valence-corrected chi connectivity index (χ1v) is 33.1. The molecule has 0 amide bonds. The summed E-state index contributed by atoms with van der Waals surface area (Å²) in [6, 6.07) is 46.9. The molecule has 2 aliphatic heterocycles. The Hall–Kier alpha value is -11.7. The van der Waals surface area contributed by atoms with Crippen molar-refractivity contribution in [2.75, 3.05) is 0 Å². The van der Waals surface area contributed by atoms with Gasteiger partial charge in [0.15, 0.2) is 40.6 Å². The van der Waals surface area contributed by atoms with Crippen molar-refractivity contribution in [2.24, 2.45) is 11.8 Å². The van der Waals surface area contributed by atoms with Crippen LogP contribution in [0.4, 0.5) is 17.6 Å². The number of esters is 4. The maximum absolute atomic E-state index is 15.5. The lowest BCUT2D eigenvalue weighted by atomic mass is 9.75. The number of carbonyl (C=O) groups is 7. The van der Waals surface area contributed by atoms with E-state index in [1.807, 2.05) is 0 Å². The highest BCUT2D eigenvalue weighted by atomic mass is 32.1. The zero-order valence-electron chi connectivity index (χ0n) is 51.9. The van der Waals surface area contributed by atoms with Gasteiger partial charge in [-0.2, -0.15) is 0 Å². The molecule has 0 spiro atoms. The maximum Gasteiger partial charge on any atom is 0.367 e. The molecule has 0 bridgehead atoms. The van der Waals surface area contributed by atoms with Gasteiger partial charge >= 0.3 is 35.1 Å². The van der Waals surface area contributed by atoms with Crippen molar-refractivity contribution in [3.63, 3.8) is 0 Å². The number of hydrogen-bond donors (Lipinski definition) is 1. The highest BCUT2D eigenvalue weighted by Gasteiger charge is 2.62. The molecule has 8 aromatic carbocycles. The molecule has 20 heteroatoms. The van der Waals surface area contributed by atoms with Crippen LogP contribution >= 0.6 is 22.7 Å². The Labute approximate surface area is 573 Å². The number of halogens is 4. The van der Waals surface area contributed by atoms with Gasteiger partial charge in [0.25, 0.3) is 0 Å². The summed E-state index contributed by atoms with van der Waals surface area (Å²) in [4.78, 5) is 106. The van der Waals surface area contributed by atoms with Crippen LogP contribution in [0.3, 0.4) is 0 Å². The molecule has 0 saturated carbocycles. The maximum atomic E-state index is 15.5. The van der Waals surface area contributed by atoms with Gasteiger partial charge in [-0.3, -0.25) is 14.4 Å². The van der Waals surface area contributed by atoms with E-state index in [1.54, 1.807) is 146 Å². The Balaban J connectivity index is 0.848. The fourth-order valence-corrected chi connectivity index (χ4v) is 15.8. The van der Waals surface area contributed by atoms with Crippen LogP contribution in [0, 0.1) is 35.1 Å². The van der Waals surface area contributed by atoms with E-state index in [9.17, 15) is 37.1 Å². The van der Waals surface area contributed by atoms with Crippen molar-refractivity contribution in [3.8, 4) is 0 Å². The molecular weight excluding hydrogens is 1320 g/mol. The van der Waals surface area contributed by atoms with E-state index in [1.165, 1.54) is 48.6 Å². The number of rotatable bonds is 14. The fourth-order valence-electron chi connectivity index (χ4n) is 13.4. The zero-order chi connectivity index (χ0) is 68.9. The van der Waals surface area contributed by atoms with Gasteiger partial charge in [-0.25, -0.2) is 36.7 Å². The second-order valence-corrected chi connectivity index (χ2v) is 26.8. The summed E-state index contributed by atoms with van der Waals surface area (Å²) in [7, 11) is 0. The molecule has 0 radical (unpaired) electrons. The van der Waals surface area contributed by atoms with Crippen molar-refractivity contribution >= 4 is 109 Å². The number of hydrogen-bond acceptors (Lipinski definition) is 16. The molecule has 1 N–H and O–H groups in total. The third-order valence-corrected chi connectivity index (χ3v) is 20.6. The van der Waals surface area contributed by atoms with Gasteiger partial charge in [-0.05, 0) is 134 Å². The van der Waals surface area contributed by atoms with Crippen molar-refractivity contribution in [2.45, 2.75) is 43.7 Å². The van der Waals surface area contributed by atoms with Gasteiger partial charge in [0, 0.05) is 75.9 Å². The molecule has 4 heterocycles. The minimum atomic E-state index is -2.75. The third-order valence-electron chi connectivity index (χ3n) is 18.4. The van der Waals surface area contributed by atoms with E-state index in [0.29, 0.717) is 33.4 Å². The predicted molar refractivity (Wildman–Crippen MR) is 360 cm³/mol. The summed E-state index contributed by atoms with van der Waals surface area (Å²) in [5.41, 5.74) is -3.14. The minimum absolute atomic E-state index is 0.000189. The van der Waals surface area contributed by atoms with Crippen LogP contribution in [0.1, 0.15) is 95.6 Å². The molecule has 16 rings (SSSR count). The minimum Gasteiger partial charge on any atom is -0.459 e. The number of aliphatic hydroxyl groups excluding tert-OH is 1. The average molecular weight is 1370 g/mol. The largest absolute Gasteiger partial charge is 0.459 e. The molecule has 0 saturated heterocycles. The first-order chi connectivity index (χ1) is 48.4. The van der Waals surface area contributed by atoms with Crippen LogP contribution in [-0.4, -0.2) is 46.3 Å². The van der Waals surface area contributed by atoms with Crippen molar-refractivity contribution in [1.82, 2.24) is 0 Å². The molecule has 6 aliphatic rings. The molecule has 10 aromatic rings.